The molecule has 0 aromatic heterocycles. The summed E-state index contributed by atoms with van der Waals surface area (Å²) < 4.78 is 0. The van der Waals surface area contributed by atoms with E-state index in [-0.39, 0.29) is 0 Å². The maximum atomic E-state index is 3.55. The molecule has 0 saturated carbocycles. The molecule has 1 aliphatic rings. The molecule has 1 fully saturated rings. The molecule has 1 heterocycles. The van der Waals surface area contributed by atoms with Gasteiger partial charge in [0, 0.05) is 25.2 Å². The maximum Gasteiger partial charge on any atom is 0.0236 e. The number of nitrogens with one attached hydrogen (secondary N) is 1. The van der Waals surface area contributed by atoms with Crippen LogP contribution < -0.4 is 5.32 Å². The molecule has 18 heavy (non-hydrogen) atoms. The quantitative estimate of drug-likeness (QED) is 0.859. The van der Waals surface area contributed by atoms with Crippen molar-refractivity contribution in [3.05, 3.63) is 35.9 Å². The van der Waals surface area contributed by atoms with E-state index in [9.17, 15) is 0 Å². The monoisotopic (exact) mass is 246 g/mol. The van der Waals surface area contributed by atoms with Gasteiger partial charge in [-0.25, -0.2) is 0 Å². The third kappa shape index (κ3) is 3.56. The molecule has 0 radical (unpaired) electrons. The van der Waals surface area contributed by atoms with E-state index in [2.05, 4.69) is 61.3 Å². The number of nitrogens with zero attached hydrogens (tertiary/aromatic N) is 1. The standard InChI is InChI=1S/C16H26N2/c1-13(2)18(11-15-7-5-4-6-8-15)12-16-9-10-17-14(16)3/h4-8,13-14,16-17H,9-12H2,1-3H3. The Bertz CT molecular complexity index is 347. The summed E-state index contributed by atoms with van der Waals surface area (Å²) >= 11 is 0. The molecule has 1 saturated heterocycles. The SMILES string of the molecule is CC1NCCC1CN(Cc1ccccc1)C(C)C. The fourth-order valence-corrected chi connectivity index (χ4v) is 2.74. The topological polar surface area (TPSA) is 15.3 Å². The van der Waals surface area contributed by atoms with E-state index < -0.39 is 0 Å². The van der Waals surface area contributed by atoms with Gasteiger partial charge in [-0.2, -0.15) is 0 Å². The first kappa shape index (κ1) is 13.6. The molecule has 1 aromatic rings. The van der Waals surface area contributed by atoms with Crippen molar-refractivity contribution in [1.29, 1.82) is 0 Å². The Morgan fingerprint density at radius 2 is 2.00 bits per heavy atom. The Labute approximate surface area is 111 Å². The lowest BCUT2D eigenvalue weighted by Crippen LogP contribution is -2.38. The molecular weight excluding hydrogens is 220 g/mol. The maximum absolute atomic E-state index is 3.55. The normalized spacial score (nSPS) is 24.1. The Kier molecular flexibility index (Phi) is 4.79. The van der Waals surface area contributed by atoms with Crippen molar-refractivity contribution in [2.24, 2.45) is 5.92 Å². The van der Waals surface area contributed by atoms with E-state index >= 15 is 0 Å². The molecule has 0 spiro atoms. The number of hydrogen-bond donors (Lipinski definition) is 1. The van der Waals surface area contributed by atoms with E-state index in [1.807, 2.05) is 0 Å². The van der Waals surface area contributed by atoms with Gasteiger partial charge in [0.05, 0.1) is 0 Å². The zero-order valence-electron chi connectivity index (χ0n) is 11.9. The van der Waals surface area contributed by atoms with Gasteiger partial charge in [-0.3, -0.25) is 4.90 Å². The van der Waals surface area contributed by atoms with Gasteiger partial charge in [0.2, 0.25) is 0 Å². The van der Waals surface area contributed by atoms with Gasteiger partial charge in [-0.05, 0) is 45.2 Å². The first-order valence-electron chi connectivity index (χ1n) is 7.18. The zero-order chi connectivity index (χ0) is 13.0. The summed E-state index contributed by atoms with van der Waals surface area (Å²) in [6, 6.07) is 12.1. The van der Waals surface area contributed by atoms with Gasteiger partial charge in [0.25, 0.3) is 0 Å². The fourth-order valence-electron chi connectivity index (χ4n) is 2.74. The average molecular weight is 246 g/mol. The van der Waals surface area contributed by atoms with Gasteiger partial charge in [0.1, 0.15) is 0 Å². The van der Waals surface area contributed by atoms with Crippen LogP contribution in [0.3, 0.4) is 0 Å². The van der Waals surface area contributed by atoms with Crippen LogP contribution in [0.2, 0.25) is 0 Å². The van der Waals surface area contributed by atoms with Crippen molar-refractivity contribution in [1.82, 2.24) is 10.2 Å². The minimum atomic E-state index is 0.609. The van der Waals surface area contributed by atoms with Crippen LogP contribution >= 0.6 is 0 Å². The van der Waals surface area contributed by atoms with Crippen molar-refractivity contribution in [3.8, 4) is 0 Å². The molecule has 0 bridgehead atoms. The summed E-state index contributed by atoms with van der Waals surface area (Å²) in [6.45, 7) is 10.4. The third-order valence-corrected chi connectivity index (χ3v) is 4.12. The number of hydrogen-bond acceptors (Lipinski definition) is 2. The molecule has 2 rings (SSSR count). The molecule has 1 N–H and O–H groups in total. The summed E-state index contributed by atoms with van der Waals surface area (Å²) in [4.78, 5) is 2.60. The summed E-state index contributed by atoms with van der Waals surface area (Å²) in [5.74, 6) is 0.802. The molecule has 2 nitrogen and oxygen atoms in total. The molecule has 2 unspecified atom stereocenters. The Balaban J connectivity index is 1.96. The van der Waals surface area contributed by atoms with Gasteiger partial charge in [-0.1, -0.05) is 30.3 Å². The highest BCUT2D eigenvalue weighted by molar-refractivity contribution is 5.14. The van der Waals surface area contributed by atoms with E-state index in [4.69, 9.17) is 0 Å². The van der Waals surface area contributed by atoms with Crippen LogP contribution in [-0.4, -0.2) is 30.1 Å². The smallest absolute Gasteiger partial charge is 0.0236 e. The van der Waals surface area contributed by atoms with Crippen LogP contribution in [0.15, 0.2) is 30.3 Å². The van der Waals surface area contributed by atoms with E-state index in [1.165, 1.54) is 25.1 Å². The number of benzene rings is 1. The molecule has 0 amide bonds. The van der Waals surface area contributed by atoms with Crippen LogP contribution in [0.1, 0.15) is 32.8 Å². The second kappa shape index (κ2) is 6.35. The van der Waals surface area contributed by atoms with Crippen LogP contribution in [0.4, 0.5) is 0 Å². The first-order valence-corrected chi connectivity index (χ1v) is 7.18. The lowest BCUT2D eigenvalue weighted by molar-refractivity contribution is 0.174. The fraction of sp³-hybridized carbons (Fsp3) is 0.625. The molecule has 2 atom stereocenters. The predicted octanol–water partition coefficient (Wildman–Crippen LogP) is 2.90. The molecule has 0 aliphatic carbocycles. The largest absolute Gasteiger partial charge is 0.314 e. The summed E-state index contributed by atoms with van der Waals surface area (Å²) in [5.41, 5.74) is 1.42. The molecule has 1 aromatic carbocycles. The van der Waals surface area contributed by atoms with Crippen molar-refractivity contribution in [2.75, 3.05) is 13.1 Å². The average Bonchev–Trinajstić information content (AvgIpc) is 2.75. The van der Waals surface area contributed by atoms with Crippen LogP contribution in [0.5, 0.6) is 0 Å². The Morgan fingerprint density at radius 3 is 2.56 bits per heavy atom. The van der Waals surface area contributed by atoms with E-state index in [1.54, 1.807) is 0 Å². The van der Waals surface area contributed by atoms with Crippen LogP contribution in [0, 0.1) is 5.92 Å². The van der Waals surface area contributed by atoms with Gasteiger partial charge < -0.3 is 5.32 Å². The van der Waals surface area contributed by atoms with Crippen molar-refractivity contribution >= 4 is 0 Å². The highest BCUT2D eigenvalue weighted by Crippen LogP contribution is 2.19. The molecule has 2 heteroatoms. The molecule has 100 valence electrons. The Hall–Kier alpha value is -0.860. The van der Waals surface area contributed by atoms with Gasteiger partial charge >= 0.3 is 0 Å². The van der Waals surface area contributed by atoms with Crippen molar-refractivity contribution in [2.45, 2.75) is 45.8 Å². The first-order chi connectivity index (χ1) is 8.66. The van der Waals surface area contributed by atoms with Crippen LogP contribution in [0.25, 0.3) is 0 Å². The molecular formula is C16H26N2. The third-order valence-electron chi connectivity index (χ3n) is 4.12. The second-order valence-corrected chi connectivity index (χ2v) is 5.80. The van der Waals surface area contributed by atoms with Gasteiger partial charge in [-0.15, -0.1) is 0 Å². The Morgan fingerprint density at radius 1 is 1.28 bits per heavy atom. The van der Waals surface area contributed by atoms with E-state index in [0.29, 0.717) is 12.1 Å². The highest BCUT2D eigenvalue weighted by atomic mass is 15.2. The lowest BCUT2D eigenvalue weighted by Gasteiger charge is -2.30. The lowest BCUT2D eigenvalue weighted by atomic mass is 10.0. The van der Waals surface area contributed by atoms with Crippen molar-refractivity contribution in [3.63, 3.8) is 0 Å². The van der Waals surface area contributed by atoms with E-state index in [0.717, 1.165) is 12.5 Å². The summed E-state index contributed by atoms with van der Waals surface area (Å²) in [6.07, 6.45) is 1.32. The number of rotatable bonds is 5. The highest BCUT2D eigenvalue weighted by Gasteiger charge is 2.25. The van der Waals surface area contributed by atoms with Gasteiger partial charge in [0.15, 0.2) is 0 Å². The van der Waals surface area contributed by atoms with Crippen molar-refractivity contribution < 1.29 is 0 Å². The second-order valence-electron chi connectivity index (χ2n) is 5.80. The molecule has 1 aliphatic heterocycles. The summed E-state index contributed by atoms with van der Waals surface area (Å²) in [5, 5.41) is 3.55. The minimum Gasteiger partial charge on any atom is -0.314 e. The summed E-state index contributed by atoms with van der Waals surface area (Å²) in [7, 11) is 0. The van der Waals surface area contributed by atoms with Crippen LogP contribution in [-0.2, 0) is 6.54 Å². The predicted molar refractivity (Wildman–Crippen MR) is 77.6 cm³/mol. The minimum absolute atomic E-state index is 0.609. The zero-order valence-corrected chi connectivity index (χ0v) is 11.9.